The third kappa shape index (κ3) is 5.36. The zero-order valence-electron chi connectivity index (χ0n) is 13.4. The molecule has 0 fully saturated rings. The molecule has 2 rings (SSSR count). The first-order chi connectivity index (χ1) is 10.7. The van der Waals surface area contributed by atoms with Crippen molar-refractivity contribution in [2.24, 2.45) is 5.92 Å². The SMILES string of the molecule is COc1ccc(CCC(=O)C[C@@H](C)Cc2ccccc2)cc1. The van der Waals surface area contributed by atoms with Gasteiger partial charge in [0.05, 0.1) is 7.11 Å². The van der Waals surface area contributed by atoms with Crippen LogP contribution >= 0.6 is 0 Å². The van der Waals surface area contributed by atoms with E-state index in [1.165, 1.54) is 11.1 Å². The zero-order valence-corrected chi connectivity index (χ0v) is 13.4. The molecular weight excluding hydrogens is 272 g/mol. The molecule has 0 amide bonds. The van der Waals surface area contributed by atoms with Crippen LogP contribution in [0.4, 0.5) is 0 Å². The van der Waals surface area contributed by atoms with E-state index in [1.54, 1.807) is 7.11 Å². The summed E-state index contributed by atoms with van der Waals surface area (Å²) in [5, 5.41) is 0. The normalized spacial score (nSPS) is 11.9. The van der Waals surface area contributed by atoms with Gasteiger partial charge in [-0.2, -0.15) is 0 Å². The molecule has 0 bridgehead atoms. The number of ketones is 1. The van der Waals surface area contributed by atoms with Crippen molar-refractivity contribution in [3.8, 4) is 5.75 Å². The van der Waals surface area contributed by atoms with Crippen LogP contribution in [-0.2, 0) is 17.6 Å². The molecule has 2 heteroatoms. The maximum Gasteiger partial charge on any atom is 0.133 e. The smallest absolute Gasteiger partial charge is 0.133 e. The van der Waals surface area contributed by atoms with Gasteiger partial charge in [-0.1, -0.05) is 49.4 Å². The monoisotopic (exact) mass is 296 g/mol. The van der Waals surface area contributed by atoms with Crippen LogP contribution in [0.2, 0.25) is 0 Å². The second-order valence-corrected chi connectivity index (χ2v) is 5.89. The molecule has 0 heterocycles. The summed E-state index contributed by atoms with van der Waals surface area (Å²) in [6, 6.07) is 18.3. The maximum absolute atomic E-state index is 12.1. The lowest BCUT2D eigenvalue weighted by atomic mass is 9.94. The Kier molecular flexibility index (Phi) is 6.20. The first-order valence-electron chi connectivity index (χ1n) is 7.86. The maximum atomic E-state index is 12.1. The molecule has 0 aliphatic rings. The molecule has 0 aromatic heterocycles. The minimum atomic E-state index is 0.347. The van der Waals surface area contributed by atoms with Crippen LogP contribution < -0.4 is 4.74 Å². The number of rotatable bonds is 8. The van der Waals surface area contributed by atoms with Gasteiger partial charge in [-0.3, -0.25) is 4.79 Å². The highest BCUT2D eigenvalue weighted by Gasteiger charge is 2.10. The van der Waals surface area contributed by atoms with Gasteiger partial charge in [0, 0.05) is 12.8 Å². The third-order valence-electron chi connectivity index (χ3n) is 3.85. The predicted molar refractivity (Wildman–Crippen MR) is 90.2 cm³/mol. The van der Waals surface area contributed by atoms with E-state index in [-0.39, 0.29) is 0 Å². The van der Waals surface area contributed by atoms with Crippen molar-refractivity contribution in [3.05, 3.63) is 65.7 Å². The number of benzene rings is 2. The lowest BCUT2D eigenvalue weighted by molar-refractivity contribution is -0.119. The molecule has 0 saturated heterocycles. The Bertz CT molecular complexity index is 572. The second-order valence-electron chi connectivity index (χ2n) is 5.89. The van der Waals surface area contributed by atoms with Crippen molar-refractivity contribution in [1.29, 1.82) is 0 Å². The van der Waals surface area contributed by atoms with E-state index in [0.29, 0.717) is 24.5 Å². The van der Waals surface area contributed by atoms with E-state index < -0.39 is 0 Å². The van der Waals surface area contributed by atoms with E-state index in [0.717, 1.165) is 18.6 Å². The molecule has 2 nitrogen and oxygen atoms in total. The number of aryl methyl sites for hydroxylation is 1. The van der Waals surface area contributed by atoms with Gasteiger partial charge in [-0.25, -0.2) is 0 Å². The van der Waals surface area contributed by atoms with Crippen molar-refractivity contribution in [3.63, 3.8) is 0 Å². The summed E-state index contributed by atoms with van der Waals surface area (Å²) < 4.78 is 5.14. The van der Waals surface area contributed by atoms with Gasteiger partial charge >= 0.3 is 0 Å². The van der Waals surface area contributed by atoms with Crippen LogP contribution in [0.3, 0.4) is 0 Å². The molecule has 0 radical (unpaired) electrons. The van der Waals surface area contributed by atoms with Crippen molar-refractivity contribution >= 4 is 5.78 Å². The Morgan fingerprint density at radius 1 is 1.00 bits per heavy atom. The number of hydrogen-bond donors (Lipinski definition) is 0. The summed E-state index contributed by atoms with van der Waals surface area (Å²) in [4.78, 5) is 12.1. The summed E-state index contributed by atoms with van der Waals surface area (Å²) in [7, 11) is 1.66. The Balaban J connectivity index is 1.75. The van der Waals surface area contributed by atoms with Crippen molar-refractivity contribution in [2.75, 3.05) is 7.11 Å². The average molecular weight is 296 g/mol. The molecule has 22 heavy (non-hydrogen) atoms. The molecule has 116 valence electrons. The molecule has 0 aliphatic carbocycles. The first kappa shape index (κ1) is 16.3. The molecule has 0 N–H and O–H groups in total. The third-order valence-corrected chi connectivity index (χ3v) is 3.85. The van der Waals surface area contributed by atoms with Crippen molar-refractivity contribution < 1.29 is 9.53 Å². The number of methoxy groups -OCH3 is 1. The van der Waals surface area contributed by atoms with Gasteiger partial charge in [0.2, 0.25) is 0 Å². The molecule has 0 aliphatic heterocycles. The van der Waals surface area contributed by atoms with Crippen LogP contribution in [0.5, 0.6) is 5.75 Å². The fraction of sp³-hybridized carbons (Fsp3) is 0.350. The molecule has 0 unspecified atom stereocenters. The largest absolute Gasteiger partial charge is 0.497 e. The lowest BCUT2D eigenvalue weighted by Crippen LogP contribution is -2.09. The van der Waals surface area contributed by atoms with Crippen LogP contribution in [0, 0.1) is 5.92 Å². The zero-order chi connectivity index (χ0) is 15.8. The fourth-order valence-corrected chi connectivity index (χ4v) is 2.66. The van der Waals surface area contributed by atoms with Crippen LogP contribution in [0.1, 0.15) is 30.9 Å². The highest BCUT2D eigenvalue weighted by Crippen LogP contribution is 2.16. The summed E-state index contributed by atoms with van der Waals surface area (Å²) in [5.74, 6) is 1.59. The fourth-order valence-electron chi connectivity index (χ4n) is 2.66. The Hall–Kier alpha value is -2.09. The number of Topliss-reactive ketones (excluding diaryl/α,β-unsaturated/α-hetero) is 1. The summed E-state index contributed by atoms with van der Waals surface area (Å²) >= 11 is 0. The standard InChI is InChI=1S/C20H24O2/c1-16(14-18-6-4-3-5-7-18)15-19(21)11-8-17-9-12-20(22-2)13-10-17/h3-7,9-10,12-13,16H,8,11,14-15H2,1-2H3/t16-/m0/s1. The second kappa shape index (κ2) is 8.38. The van der Waals surface area contributed by atoms with E-state index in [4.69, 9.17) is 4.74 Å². The van der Waals surface area contributed by atoms with E-state index in [9.17, 15) is 4.79 Å². The predicted octanol–water partition coefficient (Wildman–Crippen LogP) is 4.47. The summed E-state index contributed by atoms with van der Waals surface area (Å²) in [5.41, 5.74) is 2.49. The summed E-state index contributed by atoms with van der Waals surface area (Å²) in [6.45, 7) is 2.15. The highest BCUT2D eigenvalue weighted by molar-refractivity contribution is 5.78. The van der Waals surface area contributed by atoms with Crippen LogP contribution in [0.25, 0.3) is 0 Å². The molecule has 0 spiro atoms. The minimum Gasteiger partial charge on any atom is -0.497 e. The van der Waals surface area contributed by atoms with Gasteiger partial charge < -0.3 is 4.74 Å². The van der Waals surface area contributed by atoms with Gasteiger partial charge in [-0.05, 0) is 42.0 Å². The van der Waals surface area contributed by atoms with Crippen molar-refractivity contribution in [1.82, 2.24) is 0 Å². The van der Waals surface area contributed by atoms with E-state index >= 15 is 0 Å². The number of ether oxygens (including phenoxy) is 1. The van der Waals surface area contributed by atoms with Crippen LogP contribution in [-0.4, -0.2) is 12.9 Å². The van der Waals surface area contributed by atoms with Gasteiger partial charge in [0.1, 0.15) is 11.5 Å². The molecule has 2 aromatic rings. The van der Waals surface area contributed by atoms with Crippen molar-refractivity contribution in [2.45, 2.75) is 32.6 Å². The topological polar surface area (TPSA) is 26.3 Å². The van der Waals surface area contributed by atoms with E-state index in [1.807, 2.05) is 42.5 Å². The number of carbonyl (C=O) groups is 1. The van der Waals surface area contributed by atoms with Gasteiger partial charge in [-0.15, -0.1) is 0 Å². The minimum absolute atomic E-state index is 0.347. The number of hydrogen-bond acceptors (Lipinski definition) is 2. The van der Waals surface area contributed by atoms with Crippen LogP contribution in [0.15, 0.2) is 54.6 Å². The molecular formula is C20H24O2. The Labute approximate surface area is 133 Å². The quantitative estimate of drug-likeness (QED) is 0.718. The highest BCUT2D eigenvalue weighted by atomic mass is 16.5. The van der Waals surface area contributed by atoms with E-state index in [2.05, 4.69) is 19.1 Å². The lowest BCUT2D eigenvalue weighted by Gasteiger charge is -2.10. The summed E-state index contributed by atoms with van der Waals surface area (Å²) in [6.07, 6.45) is 3.05. The molecule has 0 saturated carbocycles. The number of carbonyl (C=O) groups excluding carboxylic acids is 1. The molecule has 1 atom stereocenters. The molecule has 2 aromatic carbocycles. The van der Waals surface area contributed by atoms with Gasteiger partial charge in [0.25, 0.3) is 0 Å². The Morgan fingerprint density at radius 2 is 1.68 bits per heavy atom. The Morgan fingerprint density at radius 3 is 2.32 bits per heavy atom. The first-order valence-corrected chi connectivity index (χ1v) is 7.86. The average Bonchev–Trinajstić information content (AvgIpc) is 2.54. The van der Waals surface area contributed by atoms with Gasteiger partial charge in [0.15, 0.2) is 0 Å².